The van der Waals surface area contributed by atoms with Gasteiger partial charge in [-0.2, -0.15) is 0 Å². The largest absolute Gasteiger partial charge is 0.367 e. The minimum absolute atomic E-state index is 0.0335. The molecule has 1 aliphatic rings. The minimum Gasteiger partial charge on any atom is -0.367 e. The van der Waals surface area contributed by atoms with Crippen molar-refractivity contribution in [3.8, 4) is 0 Å². The van der Waals surface area contributed by atoms with Crippen LogP contribution in [0.5, 0.6) is 0 Å². The molecule has 6 nitrogen and oxygen atoms in total. The fourth-order valence-electron chi connectivity index (χ4n) is 2.63. The van der Waals surface area contributed by atoms with Crippen molar-refractivity contribution in [2.75, 3.05) is 31.5 Å². The fraction of sp³-hybridized carbons (Fsp3) is 0.375. The third-order valence-electron chi connectivity index (χ3n) is 3.90. The number of nitrogens with zero attached hydrogens (tertiary/aromatic N) is 3. The zero-order valence-electron chi connectivity index (χ0n) is 12.9. The van der Waals surface area contributed by atoms with Gasteiger partial charge in [-0.25, -0.2) is 8.42 Å². The summed E-state index contributed by atoms with van der Waals surface area (Å²) in [6.07, 6.45) is 2.54. The van der Waals surface area contributed by atoms with Crippen molar-refractivity contribution in [3.63, 3.8) is 0 Å². The van der Waals surface area contributed by atoms with E-state index in [0.29, 0.717) is 5.82 Å². The van der Waals surface area contributed by atoms with Crippen molar-refractivity contribution in [1.82, 2.24) is 15.1 Å². The molecule has 0 bridgehead atoms. The monoisotopic (exact) mass is 332 g/mol. The number of benzene rings is 1. The van der Waals surface area contributed by atoms with Gasteiger partial charge in [0, 0.05) is 13.1 Å². The van der Waals surface area contributed by atoms with Crippen LogP contribution in [0, 0.1) is 0 Å². The van der Waals surface area contributed by atoms with Crippen LogP contribution in [0.1, 0.15) is 12.8 Å². The van der Waals surface area contributed by atoms with Gasteiger partial charge in [-0.1, -0.05) is 18.2 Å². The van der Waals surface area contributed by atoms with E-state index >= 15 is 0 Å². The third kappa shape index (κ3) is 3.86. The molecular formula is C16H20N4O2S. The first kappa shape index (κ1) is 15.9. The molecule has 3 rings (SSSR count). The molecule has 1 saturated heterocycles. The van der Waals surface area contributed by atoms with Crippen LogP contribution >= 0.6 is 0 Å². The molecule has 0 saturated carbocycles. The summed E-state index contributed by atoms with van der Waals surface area (Å²) in [6, 6.07) is 11.4. The Balaban J connectivity index is 1.62. The highest BCUT2D eigenvalue weighted by Gasteiger charge is 2.19. The molecule has 1 N–H and O–H groups in total. The second-order valence-electron chi connectivity index (χ2n) is 5.55. The van der Waals surface area contributed by atoms with E-state index in [-0.39, 0.29) is 9.92 Å². The van der Waals surface area contributed by atoms with Crippen LogP contribution in [0.4, 0.5) is 5.82 Å². The smallest absolute Gasteiger partial charge is 0.225 e. The Morgan fingerprint density at radius 2 is 1.74 bits per heavy atom. The summed E-state index contributed by atoms with van der Waals surface area (Å²) in [5.41, 5.74) is 0. The van der Waals surface area contributed by atoms with Gasteiger partial charge in [0.15, 0.2) is 5.03 Å². The van der Waals surface area contributed by atoms with E-state index in [1.165, 1.54) is 18.9 Å². The van der Waals surface area contributed by atoms with E-state index < -0.39 is 9.84 Å². The predicted molar refractivity (Wildman–Crippen MR) is 88.1 cm³/mol. The molecule has 0 spiro atoms. The summed E-state index contributed by atoms with van der Waals surface area (Å²) in [4.78, 5) is 2.62. The Kier molecular flexibility index (Phi) is 4.88. The molecule has 0 atom stereocenters. The topological polar surface area (TPSA) is 75.2 Å². The van der Waals surface area contributed by atoms with E-state index in [9.17, 15) is 8.42 Å². The molecule has 1 fully saturated rings. The molecule has 23 heavy (non-hydrogen) atoms. The molecular weight excluding hydrogens is 312 g/mol. The predicted octanol–water partition coefficient (Wildman–Crippen LogP) is 1.82. The molecule has 0 radical (unpaired) electrons. The van der Waals surface area contributed by atoms with E-state index in [1.54, 1.807) is 36.4 Å². The molecule has 1 aliphatic heterocycles. The van der Waals surface area contributed by atoms with Crippen LogP contribution in [0.2, 0.25) is 0 Å². The van der Waals surface area contributed by atoms with E-state index in [0.717, 1.165) is 26.2 Å². The van der Waals surface area contributed by atoms with Gasteiger partial charge >= 0.3 is 0 Å². The van der Waals surface area contributed by atoms with Crippen LogP contribution in [0.3, 0.4) is 0 Å². The summed E-state index contributed by atoms with van der Waals surface area (Å²) in [5.74, 6) is 0.594. The van der Waals surface area contributed by atoms with Crippen molar-refractivity contribution < 1.29 is 8.42 Å². The van der Waals surface area contributed by atoms with Gasteiger partial charge in [0.2, 0.25) is 9.84 Å². The fourth-order valence-corrected chi connectivity index (χ4v) is 3.78. The normalized spacial score (nSPS) is 15.7. The molecule has 2 heterocycles. The summed E-state index contributed by atoms with van der Waals surface area (Å²) < 4.78 is 24.8. The van der Waals surface area contributed by atoms with Gasteiger partial charge in [-0.15, -0.1) is 10.2 Å². The van der Waals surface area contributed by atoms with Crippen molar-refractivity contribution in [2.24, 2.45) is 0 Å². The summed E-state index contributed by atoms with van der Waals surface area (Å²) in [5, 5.41) is 11.0. The quantitative estimate of drug-likeness (QED) is 0.870. The lowest BCUT2D eigenvalue weighted by Crippen LogP contribution is -2.26. The maximum absolute atomic E-state index is 12.4. The zero-order chi connectivity index (χ0) is 16.1. The van der Waals surface area contributed by atoms with Gasteiger partial charge < -0.3 is 10.2 Å². The van der Waals surface area contributed by atoms with Crippen LogP contribution in [-0.4, -0.2) is 49.7 Å². The summed E-state index contributed by atoms with van der Waals surface area (Å²) in [7, 11) is -3.60. The molecule has 0 unspecified atom stereocenters. The van der Waals surface area contributed by atoms with Gasteiger partial charge in [-0.3, -0.25) is 0 Å². The first-order chi connectivity index (χ1) is 11.2. The number of rotatable bonds is 6. The molecule has 2 aromatic rings. The van der Waals surface area contributed by atoms with Crippen LogP contribution in [0.25, 0.3) is 0 Å². The van der Waals surface area contributed by atoms with E-state index in [4.69, 9.17) is 0 Å². The number of likely N-dealkylation sites (tertiary alicyclic amines) is 1. The Hall–Kier alpha value is -1.99. The SMILES string of the molecule is O=S(=O)(c1ccccc1)c1ccc(NCCN2CCCC2)nn1. The molecule has 1 aromatic carbocycles. The number of nitrogens with one attached hydrogen (secondary N) is 1. The second kappa shape index (κ2) is 7.06. The van der Waals surface area contributed by atoms with E-state index in [1.807, 2.05) is 0 Å². The minimum atomic E-state index is -3.60. The Morgan fingerprint density at radius 1 is 1.00 bits per heavy atom. The molecule has 0 amide bonds. The van der Waals surface area contributed by atoms with E-state index in [2.05, 4.69) is 20.4 Å². The molecule has 7 heteroatoms. The highest BCUT2D eigenvalue weighted by Crippen LogP contribution is 2.18. The molecule has 122 valence electrons. The summed E-state index contributed by atoms with van der Waals surface area (Å²) in [6.45, 7) is 4.05. The molecule has 1 aromatic heterocycles. The summed E-state index contributed by atoms with van der Waals surface area (Å²) >= 11 is 0. The third-order valence-corrected chi connectivity index (χ3v) is 5.56. The lowest BCUT2D eigenvalue weighted by Gasteiger charge is -2.14. The lowest BCUT2D eigenvalue weighted by molar-refractivity contribution is 0.352. The van der Waals surface area contributed by atoms with Crippen molar-refractivity contribution in [3.05, 3.63) is 42.5 Å². The average Bonchev–Trinajstić information content (AvgIpc) is 3.10. The molecule has 0 aliphatic carbocycles. The zero-order valence-corrected chi connectivity index (χ0v) is 13.7. The lowest BCUT2D eigenvalue weighted by atomic mass is 10.4. The maximum atomic E-state index is 12.4. The number of hydrogen-bond donors (Lipinski definition) is 1. The van der Waals surface area contributed by atoms with Gasteiger partial charge in [-0.05, 0) is 50.2 Å². The first-order valence-corrected chi connectivity index (χ1v) is 9.25. The van der Waals surface area contributed by atoms with Crippen molar-refractivity contribution >= 4 is 15.7 Å². The van der Waals surface area contributed by atoms with Crippen LogP contribution in [-0.2, 0) is 9.84 Å². The van der Waals surface area contributed by atoms with Crippen LogP contribution < -0.4 is 5.32 Å². The Morgan fingerprint density at radius 3 is 2.39 bits per heavy atom. The standard InChI is InChI=1S/C16H20N4O2S/c21-23(22,14-6-2-1-3-7-14)16-9-8-15(18-19-16)17-10-13-20-11-4-5-12-20/h1-3,6-9H,4-5,10-13H2,(H,17,18). The van der Waals surface area contributed by atoms with Crippen molar-refractivity contribution in [1.29, 1.82) is 0 Å². The number of sulfone groups is 1. The second-order valence-corrected chi connectivity index (χ2v) is 7.45. The highest BCUT2D eigenvalue weighted by atomic mass is 32.2. The van der Waals surface area contributed by atoms with Gasteiger partial charge in [0.25, 0.3) is 0 Å². The van der Waals surface area contributed by atoms with Gasteiger partial charge in [0.1, 0.15) is 5.82 Å². The maximum Gasteiger partial charge on any atom is 0.225 e. The highest BCUT2D eigenvalue weighted by molar-refractivity contribution is 7.91. The number of hydrogen-bond acceptors (Lipinski definition) is 6. The Labute approximate surface area is 136 Å². The van der Waals surface area contributed by atoms with Gasteiger partial charge in [0.05, 0.1) is 4.90 Å². The number of aromatic nitrogens is 2. The Bertz CT molecular complexity index is 726. The van der Waals surface area contributed by atoms with Crippen molar-refractivity contribution in [2.45, 2.75) is 22.8 Å². The average molecular weight is 332 g/mol. The van der Waals surface area contributed by atoms with Crippen LogP contribution in [0.15, 0.2) is 52.4 Å². The number of anilines is 1. The first-order valence-electron chi connectivity index (χ1n) is 7.76.